The van der Waals surface area contributed by atoms with Crippen molar-refractivity contribution in [1.29, 1.82) is 5.26 Å². The lowest BCUT2D eigenvalue weighted by Crippen LogP contribution is -2.14. The first-order valence-electron chi connectivity index (χ1n) is 5.17. The third kappa shape index (κ3) is 2.20. The van der Waals surface area contributed by atoms with Crippen molar-refractivity contribution in [3.05, 3.63) is 39.8 Å². The monoisotopic (exact) mass is 242 g/mol. The Bertz CT molecular complexity index is 685. The van der Waals surface area contributed by atoms with Gasteiger partial charge in [0.1, 0.15) is 5.82 Å². The summed E-state index contributed by atoms with van der Waals surface area (Å²) in [6.07, 6.45) is 0. The minimum atomic E-state index is -0.545. The average molecular weight is 242 g/mol. The number of hydrogen-bond acceptors (Lipinski definition) is 5. The fraction of sp³-hybridized carbons (Fsp3) is 0.167. The highest BCUT2D eigenvalue weighted by molar-refractivity contribution is 5.59. The number of benzene rings is 1. The van der Waals surface area contributed by atoms with Gasteiger partial charge >= 0.3 is 11.7 Å². The highest BCUT2D eigenvalue weighted by Crippen LogP contribution is 2.18. The SMILES string of the molecule is COc1nc(-c2ccc(C)c(C#N)c2)[nH]c(=O)n1. The van der Waals surface area contributed by atoms with Crippen LogP contribution in [0.3, 0.4) is 0 Å². The van der Waals surface area contributed by atoms with E-state index in [4.69, 9.17) is 10.00 Å². The van der Waals surface area contributed by atoms with Gasteiger partial charge in [-0.15, -0.1) is 4.98 Å². The molecule has 18 heavy (non-hydrogen) atoms. The van der Waals surface area contributed by atoms with Crippen LogP contribution in [0.4, 0.5) is 0 Å². The number of aromatic amines is 1. The number of aryl methyl sites for hydroxylation is 1. The third-order valence-electron chi connectivity index (χ3n) is 2.44. The number of H-pyrrole nitrogens is 1. The summed E-state index contributed by atoms with van der Waals surface area (Å²) in [5, 5.41) is 8.97. The fourth-order valence-electron chi connectivity index (χ4n) is 1.48. The summed E-state index contributed by atoms with van der Waals surface area (Å²) in [6.45, 7) is 1.84. The molecule has 6 nitrogen and oxygen atoms in total. The Labute approximate surface area is 103 Å². The van der Waals surface area contributed by atoms with E-state index in [9.17, 15) is 4.79 Å². The lowest BCUT2D eigenvalue weighted by atomic mass is 10.1. The van der Waals surface area contributed by atoms with E-state index in [2.05, 4.69) is 21.0 Å². The van der Waals surface area contributed by atoms with Crippen LogP contribution in [-0.4, -0.2) is 22.1 Å². The van der Waals surface area contributed by atoms with E-state index in [-0.39, 0.29) is 6.01 Å². The molecule has 0 spiro atoms. The Hall–Kier alpha value is -2.68. The number of aromatic nitrogens is 3. The zero-order valence-corrected chi connectivity index (χ0v) is 9.89. The fourth-order valence-corrected chi connectivity index (χ4v) is 1.48. The molecule has 0 radical (unpaired) electrons. The molecular weight excluding hydrogens is 232 g/mol. The van der Waals surface area contributed by atoms with Gasteiger partial charge in [-0.1, -0.05) is 12.1 Å². The lowest BCUT2D eigenvalue weighted by Gasteiger charge is -2.04. The second-order valence-corrected chi connectivity index (χ2v) is 3.63. The van der Waals surface area contributed by atoms with Crippen LogP contribution in [0.2, 0.25) is 0 Å². The van der Waals surface area contributed by atoms with Crippen LogP contribution in [0, 0.1) is 18.3 Å². The number of methoxy groups -OCH3 is 1. The van der Waals surface area contributed by atoms with Gasteiger partial charge in [-0.05, 0) is 18.6 Å². The van der Waals surface area contributed by atoms with Crippen LogP contribution < -0.4 is 10.4 Å². The quantitative estimate of drug-likeness (QED) is 0.848. The van der Waals surface area contributed by atoms with Crippen molar-refractivity contribution in [1.82, 2.24) is 15.0 Å². The maximum Gasteiger partial charge on any atom is 0.351 e. The number of nitrogens with one attached hydrogen (secondary N) is 1. The molecule has 0 saturated heterocycles. The number of hydrogen-bond donors (Lipinski definition) is 1. The van der Waals surface area contributed by atoms with Crippen molar-refractivity contribution >= 4 is 0 Å². The molecule has 6 heteroatoms. The molecule has 0 atom stereocenters. The molecule has 2 aromatic rings. The number of ether oxygens (including phenoxy) is 1. The normalized spacial score (nSPS) is 9.83. The minimum absolute atomic E-state index is 0.00664. The van der Waals surface area contributed by atoms with Crippen LogP contribution in [0.15, 0.2) is 23.0 Å². The van der Waals surface area contributed by atoms with Gasteiger partial charge in [0, 0.05) is 5.56 Å². The van der Waals surface area contributed by atoms with Crippen LogP contribution in [0.5, 0.6) is 6.01 Å². The predicted octanol–water partition coefficient (Wildman–Crippen LogP) is 1.02. The first-order chi connectivity index (χ1) is 8.63. The van der Waals surface area contributed by atoms with Crippen molar-refractivity contribution < 1.29 is 4.74 Å². The molecule has 1 aromatic carbocycles. The summed E-state index contributed by atoms with van der Waals surface area (Å²) in [5.41, 5.74) is 1.49. The zero-order valence-electron chi connectivity index (χ0n) is 9.89. The van der Waals surface area contributed by atoms with Crippen molar-refractivity contribution in [3.63, 3.8) is 0 Å². The van der Waals surface area contributed by atoms with Crippen molar-refractivity contribution in [2.75, 3.05) is 7.11 Å². The summed E-state index contributed by atoms with van der Waals surface area (Å²) in [6, 6.07) is 7.30. The van der Waals surface area contributed by atoms with Crippen molar-refractivity contribution in [3.8, 4) is 23.5 Å². The molecule has 0 saturated carbocycles. The summed E-state index contributed by atoms with van der Waals surface area (Å²) < 4.78 is 4.83. The smallest absolute Gasteiger partial charge is 0.351 e. The van der Waals surface area contributed by atoms with Crippen LogP contribution in [0.1, 0.15) is 11.1 Å². The largest absolute Gasteiger partial charge is 0.467 e. The Morgan fingerprint density at radius 2 is 2.17 bits per heavy atom. The Kier molecular flexibility index (Phi) is 3.06. The lowest BCUT2D eigenvalue weighted by molar-refractivity contribution is 0.377. The van der Waals surface area contributed by atoms with Gasteiger partial charge in [-0.25, -0.2) is 4.79 Å². The first-order valence-corrected chi connectivity index (χ1v) is 5.17. The van der Waals surface area contributed by atoms with E-state index in [1.54, 1.807) is 18.2 Å². The van der Waals surface area contributed by atoms with E-state index >= 15 is 0 Å². The molecule has 0 unspecified atom stereocenters. The molecule has 90 valence electrons. The number of nitriles is 1. The average Bonchev–Trinajstić information content (AvgIpc) is 2.38. The van der Waals surface area contributed by atoms with Gasteiger partial charge < -0.3 is 4.74 Å². The van der Waals surface area contributed by atoms with Crippen molar-refractivity contribution in [2.24, 2.45) is 0 Å². The van der Waals surface area contributed by atoms with Gasteiger partial charge in [0.15, 0.2) is 0 Å². The molecule has 2 rings (SSSR count). The van der Waals surface area contributed by atoms with E-state index < -0.39 is 5.69 Å². The maximum atomic E-state index is 11.3. The Morgan fingerprint density at radius 3 is 2.83 bits per heavy atom. The maximum absolute atomic E-state index is 11.3. The van der Waals surface area contributed by atoms with Crippen LogP contribution >= 0.6 is 0 Å². The van der Waals surface area contributed by atoms with E-state index in [0.29, 0.717) is 17.0 Å². The van der Waals surface area contributed by atoms with E-state index in [1.807, 2.05) is 6.92 Å². The molecule has 0 amide bonds. The van der Waals surface area contributed by atoms with Gasteiger partial charge in [0.25, 0.3) is 0 Å². The Morgan fingerprint density at radius 1 is 1.39 bits per heavy atom. The molecular formula is C12H10N4O2. The predicted molar refractivity (Wildman–Crippen MR) is 64.1 cm³/mol. The molecule has 1 aromatic heterocycles. The molecule has 0 bridgehead atoms. The summed E-state index contributed by atoms with van der Waals surface area (Å²) in [4.78, 5) is 21.4. The van der Waals surface area contributed by atoms with Gasteiger partial charge in [-0.3, -0.25) is 4.98 Å². The molecule has 0 fully saturated rings. The second kappa shape index (κ2) is 4.67. The summed E-state index contributed by atoms with van der Waals surface area (Å²) in [7, 11) is 1.38. The molecule has 0 aliphatic rings. The van der Waals surface area contributed by atoms with Crippen LogP contribution in [0.25, 0.3) is 11.4 Å². The molecule has 0 aliphatic heterocycles. The topological polar surface area (TPSA) is 91.7 Å². The standard InChI is InChI=1S/C12H10N4O2/c1-7-3-4-8(5-9(7)6-13)10-14-11(17)16-12(15-10)18-2/h3-5H,1-2H3,(H,14,15,16,17). The third-order valence-corrected chi connectivity index (χ3v) is 2.44. The minimum Gasteiger partial charge on any atom is -0.467 e. The highest BCUT2D eigenvalue weighted by atomic mass is 16.5. The van der Waals surface area contributed by atoms with Gasteiger partial charge in [0.05, 0.1) is 18.7 Å². The van der Waals surface area contributed by atoms with E-state index in [0.717, 1.165) is 5.56 Å². The van der Waals surface area contributed by atoms with E-state index in [1.165, 1.54) is 7.11 Å². The molecule has 0 aliphatic carbocycles. The second-order valence-electron chi connectivity index (χ2n) is 3.63. The van der Waals surface area contributed by atoms with Crippen molar-refractivity contribution in [2.45, 2.75) is 6.92 Å². The number of nitrogens with zero attached hydrogens (tertiary/aromatic N) is 3. The van der Waals surface area contributed by atoms with Gasteiger partial charge in [-0.2, -0.15) is 10.2 Å². The Balaban J connectivity index is 2.59. The molecule has 1 heterocycles. The van der Waals surface area contributed by atoms with Crippen LogP contribution in [-0.2, 0) is 0 Å². The van der Waals surface area contributed by atoms with Gasteiger partial charge in [0.2, 0.25) is 0 Å². The molecule has 1 N–H and O–H groups in total. The first kappa shape index (κ1) is 11.8. The number of rotatable bonds is 2. The summed E-state index contributed by atoms with van der Waals surface area (Å²) in [5.74, 6) is 0.323. The highest BCUT2D eigenvalue weighted by Gasteiger charge is 2.07. The zero-order chi connectivity index (χ0) is 13.1. The summed E-state index contributed by atoms with van der Waals surface area (Å²) >= 11 is 0.